The molecule has 0 N–H and O–H groups in total. The lowest BCUT2D eigenvalue weighted by Gasteiger charge is -2.20. The quantitative estimate of drug-likeness (QED) is 0.853. The van der Waals surface area contributed by atoms with Gasteiger partial charge in [-0.2, -0.15) is 0 Å². The molecule has 5 nitrogen and oxygen atoms in total. The maximum absolute atomic E-state index is 12.2. The van der Waals surface area contributed by atoms with Crippen molar-refractivity contribution in [2.45, 2.75) is 25.5 Å². The number of hydrogen-bond donors (Lipinski definition) is 0. The van der Waals surface area contributed by atoms with Crippen molar-refractivity contribution in [3.63, 3.8) is 0 Å². The number of rotatable bonds is 3. The van der Waals surface area contributed by atoms with Gasteiger partial charge < -0.3 is 9.64 Å². The van der Waals surface area contributed by atoms with Crippen LogP contribution in [0.4, 0.5) is 0 Å². The van der Waals surface area contributed by atoms with E-state index in [1.807, 2.05) is 24.3 Å². The van der Waals surface area contributed by atoms with Crippen molar-refractivity contribution in [1.29, 1.82) is 0 Å². The van der Waals surface area contributed by atoms with Crippen LogP contribution in [0.3, 0.4) is 0 Å². The molecule has 20 heavy (non-hydrogen) atoms. The molecule has 0 unspecified atom stereocenters. The smallest absolute Gasteiger partial charge is 0.251 e. The molecule has 0 bridgehead atoms. The molecule has 1 aliphatic heterocycles. The van der Waals surface area contributed by atoms with Crippen LogP contribution in [0.1, 0.15) is 18.5 Å². The van der Waals surface area contributed by atoms with Crippen molar-refractivity contribution in [2.24, 2.45) is 0 Å². The van der Waals surface area contributed by atoms with Crippen LogP contribution >= 0.6 is 0 Å². The second kappa shape index (κ2) is 5.54. The fourth-order valence-corrected chi connectivity index (χ4v) is 2.41. The molecule has 1 saturated heterocycles. The number of carbonyl (C=O) groups excluding carboxylic acids is 1. The Morgan fingerprint density at radius 1 is 1.40 bits per heavy atom. The predicted molar refractivity (Wildman–Crippen MR) is 75.0 cm³/mol. The molecule has 2 aromatic rings. The molecule has 3 rings (SSSR count). The summed E-state index contributed by atoms with van der Waals surface area (Å²) in [6.07, 6.45) is 3.21. The molecule has 0 aliphatic carbocycles. The number of fused-ring (bicyclic) bond motifs is 1. The summed E-state index contributed by atoms with van der Waals surface area (Å²) < 4.78 is 5.42. The highest BCUT2D eigenvalue weighted by Crippen LogP contribution is 2.15. The van der Waals surface area contributed by atoms with Crippen molar-refractivity contribution in [1.82, 2.24) is 14.9 Å². The minimum atomic E-state index is -0.284. The Hall–Kier alpha value is -2.01. The monoisotopic (exact) mass is 271 g/mol. The molecule has 0 radical (unpaired) electrons. The first-order valence-corrected chi connectivity index (χ1v) is 6.81. The van der Waals surface area contributed by atoms with Crippen LogP contribution < -0.4 is 0 Å². The first-order valence-electron chi connectivity index (χ1n) is 6.81. The van der Waals surface area contributed by atoms with E-state index in [1.54, 1.807) is 18.1 Å². The molecule has 1 aromatic heterocycles. The first-order chi connectivity index (χ1) is 9.74. The van der Waals surface area contributed by atoms with E-state index in [1.165, 1.54) is 0 Å². The number of amides is 1. The van der Waals surface area contributed by atoms with Gasteiger partial charge in [-0.05, 0) is 25.0 Å². The highest BCUT2D eigenvalue weighted by molar-refractivity contribution is 5.81. The second-order valence-corrected chi connectivity index (χ2v) is 5.05. The highest BCUT2D eigenvalue weighted by atomic mass is 16.5. The van der Waals surface area contributed by atoms with Crippen molar-refractivity contribution in [2.75, 3.05) is 13.7 Å². The zero-order chi connectivity index (χ0) is 13.9. The number of para-hydroxylation sites is 2. The Bertz CT molecular complexity index is 623. The lowest BCUT2D eigenvalue weighted by atomic mass is 10.2. The molecule has 1 fully saturated rings. The molecule has 0 saturated carbocycles. The topological polar surface area (TPSA) is 55.3 Å². The normalized spacial score (nSPS) is 18.4. The third kappa shape index (κ3) is 2.63. The number of benzene rings is 1. The van der Waals surface area contributed by atoms with Crippen LogP contribution in [0.5, 0.6) is 0 Å². The van der Waals surface area contributed by atoms with Crippen LogP contribution in [0.25, 0.3) is 11.0 Å². The largest absolute Gasteiger partial charge is 0.368 e. The molecular weight excluding hydrogens is 254 g/mol. The zero-order valence-electron chi connectivity index (χ0n) is 11.5. The molecule has 2 heterocycles. The molecule has 1 amide bonds. The van der Waals surface area contributed by atoms with E-state index in [-0.39, 0.29) is 12.0 Å². The first kappa shape index (κ1) is 13.0. The van der Waals surface area contributed by atoms with Gasteiger partial charge in [-0.3, -0.25) is 9.78 Å². The van der Waals surface area contributed by atoms with E-state index in [2.05, 4.69) is 9.97 Å². The molecule has 1 atom stereocenters. The van der Waals surface area contributed by atoms with Crippen molar-refractivity contribution in [3.8, 4) is 0 Å². The Labute approximate surface area is 117 Å². The Morgan fingerprint density at radius 2 is 2.20 bits per heavy atom. The van der Waals surface area contributed by atoms with Gasteiger partial charge in [0.15, 0.2) is 0 Å². The number of nitrogens with zero attached hydrogens (tertiary/aromatic N) is 3. The summed E-state index contributed by atoms with van der Waals surface area (Å²) in [5.74, 6) is 0.0254. The maximum Gasteiger partial charge on any atom is 0.251 e. The van der Waals surface area contributed by atoms with Crippen molar-refractivity contribution >= 4 is 16.9 Å². The maximum atomic E-state index is 12.2. The summed E-state index contributed by atoms with van der Waals surface area (Å²) in [5, 5.41) is 0. The molecule has 1 aromatic carbocycles. The van der Waals surface area contributed by atoms with E-state index >= 15 is 0 Å². The molecule has 104 valence electrons. The molecular formula is C15H17N3O2. The van der Waals surface area contributed by atoms with Crippen LogP contribution in [-0.4, -0.2) is 40.5 Å². The van der Waals surface area contributed by atoms with Gasteiger partial charge in [0, 0.05) is 13.7 Å². The summed E-state index contributed by atoms with van der Waals surface area (Å²) in [6, 6.07) is 7.72. The summed E-state index contributed by atoms with van der Waals surface area (Å²) in [4.78, 5) is 22.7. The van der Waals surface area contributed by atoms with E-state index in [0.29, 0.717) is 13.2 Å². The Morgan fingerprint density at radius 3 is 2.95 bits per heavy atom. The zero-order valence-corrected chi connectivity index (χ0v) is 11.5. The standard InChI is InChI=1S/C15H17N3O2/c1-18(15(19)14-7-4-8-20-14)10-11-9-16-12-5-2-3-6-13(12)17-11/h2-3,5-6,9,14H,4,7-8,10H2,1H3/t14-/m0/s1. The number of aromatic nitrogens is 2. The average molecular weight is 271 g/mol. The van der Waals surface area contributed by atoms with Gasteiger partial charge >= 0.3 is 0 Å². The van der Waals surface area contributed by atoms with Gasteiger partial charge in [-0.25, -0.2) is 4.98 Å². The third-order valence-electron chi connectivity index (χ3n) is 3.48. The van der Waals surface area contributed by atoms with Gasteiger partial charge in [0.05, 0.1) is 29.5 Å². The number of likely N-dealkylation sites (N-methyl/N-ethyl adjacent to an activating group) is 1. The fourth-order valence-electron chi connectivity index (χ4n) is 2.41. The molecule has 0 spiro atoms. The van der Waals surface area contributed by atoms with E-state index in [0.717, 1.165) is 29.6 Å². The van der Waals surface area contributed by atoms with E-state index in [9.17, 15) is 4.79 Å². The summed E-state index contributed by atoms with van der Waals surface area (Å²) in [7, 11) is 1.78. The van der Waals surface area contributed by atoms with Gasteiger partial charge in [-0.1, -0.05) is 12.1 Å². The number of hydrogen-bond acceptors (Lipinski definition) is 4. The number of ether oxygens (including phenoxy) is 1. The minimum absolute atomic E-state index is 0.0254. The lowest BCUT2D eigenvalue weighted by Crippen LogP contribution is -2.35. The molecule has 5 heteroatoms. The minimum Gasteiger partial charge on any atom is -0.368 e. The molecule has 1 aliphatic rings. The Balaban J connectivity index is 1.73. The average Bonchev–Trinajstić information content (AvgIpc) is 3.00. The fraction of sp³-hybridized carbons (Fsp3) is 0.400. The number of carbonyl (C=O) groups is 1. The highest BCUT2D eigenvalue weighted by Gasteiger charge is 2.26. The van der Waals surface area contributed by atoms with Gasteiger partial charge in [-0.15, -0.1) is 0 Å². The van der Waals surface area contributed by atoms with Crippen molar-refractivity contribution < 1.29 is 9.53 Å². The Kier molecular flexibility index (Phi) is 3.60. The SMILES string of the molecule is CN(Cc1cnc2ccccc2n1)C(=O)[C@@H]1CCCO1. The summed E-state index contributed by atoms with van der Waals surface area (Å²) in [6.45, 7) is 1.14. The lowest BCUT2D eigenvalue weighted by molar-refractivity contribution is -0.140. The summed E-state index contributed by atoms with van der Waals surface area (Å²) >= 11 is 0. The van der Waals surface area contributed by atoms with Crippen LogP contribution in [0.15, 0.2) is 30.5 Å². The second-order valence-electron chi connectivity index (χ2n) is 5.05. The van der Waals surface area contributed by atoms with Crippen LogP contribution in [0.2, 0.25) is 0 Å². The van der Waals surface area contributed by atoms with Gasteiger partial charge in [0.1, 0.15) is 6.10 Å². The van der Waals surface area contributed by atoms with Gasteiger partial charge in [0.2, 0.25) is 0 Å². The third-order valence-corrected chi connectivity index (χ3v) is 3.48. The van der Waals surface area contributed by atoms with Crippen LogP contribution in [-0.2, 0) is 16.1 Å². The van der Waals surface area contributed by atoms with Crippen LogP contribution in [0, 0.1) is 0 Å². The van der Waals surface area contributed by atoms with Gasteiger partial charge in [0.25, 0.3) is 5.91 Å². The predicted octanol–water partition coefficient (Wildman–Crippen LogP) is 1.77. The van der Waals surface area contributed by atoms with Crippen molar-refractivity contribution in [3.05, 3.63) is 36.2 Å². The summed E-state index contributed by atoms with van der Waals surface area (Å²) in [5.41, 5.74) is 2.50. The van der Waals surface area contributed by atoms with E-state index in [4.69, 9.17) is 4.74 Å². The van der Waals surface area contributed by atoms with E-state index < -0.39 is 0 Å².